The van der Waals surface area contributed by atoms with Crippen molar-refractivity contribution in [2.24, 2.45) is 0 Å². The third-order valence-corrected chi connectivity index (χ3v) is 5.02. The summed E-state index contributed by atoms with van der Waals surface area (Å²) < 4.78 is 12.7. The third kappa shape index (κ3) is 4.83. The van der Waals surface area contributed by atoms with Crippen molar-refractivity contribution in [3.8, 4) is 28.6 Å². The maximum atomic E-state index is 8.87. The van der Waals surface area contributed by atoms with E-state index in [4.69, 9.17) is 14.6 Å². The Bertz CT molecular complexity index is 883. The Morgan fingerprint density at radius 3 is 2.50 bits per heavy atom. The molecule has 28 heavy (non-hydrogen) atoms. The zero-order valence-corrected chi connectivity index (χ0v) is 16.8. The van der Waals surface area contributed by atoms with Crippen LogP contribution in [0.5, 0.6) is 11.5 Å². The Hall–Kier alpha value is -2.55. The first-order valence-corrected chi connectivity index (χ1v) is 9.94. The van der Waals surface area contributed by atoms with E-state index in [0.29, 0.717) is 6.54 Å². The molecule has 0 saturated carbocycles. The van der Waals surface area contributed by atoms with Gasteiger partial charge in [0.15, 0.2) is 11.0 Å². The fourth-order valence-electron chi connectivity index (χ4n) is 2.70. The van der Waals surface area contributed by atoms with Crippen molar-refractivity contribution in [2.45, 2.75) is 5.16 Å². The molecule has 0 spiro atoms. The summed E-state index contributed by atoms with van der Waals surface area (Å²) in [5.74, 6) is 3.12. The quantitative estimate of drug-likeness (QED) is 0.400. The second-order valence-corrected chi connectivity index (χ2v) is 6.96. The van der Waals surface area contributed by atoms with Crippen molar-refractivity contribution in [2.75, 3.05) is 39.7 Å². The van der Waals surface area contributed by atoms with Crippen molar-refractivity contribution < 1.29 is 14.6 Å². The van der Waals surface area contributed by atoms with Crippen LogP contribution < -0.4 is 14.8 Å². The van der Waals surface area contributed by atoms with Gasteiger partial charge in [0.1, 0.15) is 11.5 Å². The summed E-state index contributed by atoms with van der Waals surface area (Å²) in [5, 5.41) is 21.7. The fourth-order valence-corrected chi connectivity index (χ4v) is 3.54. The molecule has 0 aliphatic carbocycles. The Balaban J connectivity index is 1.94. The molecule has 2 aromatic carbocycles. The summed E-state index contributed by atoms with van der Waals surface area (Å²) >= 11 is 1.61. The molecule has 0 amide bonds. The maximum Gasteiger partial charge on any atom is 0.196 e. The number of nitrogens with zero attached hydrogens (tertiary/aromatic N) is 3. The van der Waals surface area contributed by atoms with Crippen LogP contribution in [0.15, 0.2) is 53.7 Å². The van der Waals surface area contributed by atoms with Crippen LogP contribution in [0.2, 0.25) is 0 Å². The van der Waals surface area contributed by atoms with E-state index in [-0.39, 0.29) is 6.61 Å². The molecule has 3 rings (SSSR count). The summed E-state index contributed by atoms with van der Waals surface area (Å²) in [6, 6.07) is 15.6. The first kappa shape index (κ1) is 20.2. The lowest BCUT2D eigenvalue weighted by molar-refractivity contribution is 0.294. The zero-order valence-electron chi connectivity index (χ0n) is 16.0. The van der Waals surface area contributed by atoms with E-state index in [2.05, 4.69) is 15.5 Å². The lowest BCUT2D eigenvalue weighted by Gasteiger charge is -2.12. The van der Waals surface area contributed by atoms with Crippen molar-refractivity contribution in [1.29, 1.82) is 0 Å². The predicted molar refractivity (Wildman–Crippen MR) is 111 cm³/mol. The van der Waals surface area contributed by atoms with Gasteiger partial charge in [0, 0.05) is 30.1 Å². The summed E-state index contributed by atoms with van der Waals surface area (Å²) in [6.07, 6.45) is 0. The number of aliphatic hydroxyl groups excluding tert-OH is 1. The number of methoxy groups -OCH3 is 2. The molecule has 0 aliphatic heterocycles. The monoisotopic (exact) mass is 400 g/mol. The van der Waals surface area contributed by atoms with E-state index in [1.807, 2.05) is 53.1 Å². The molecule has 8 heteroatoms. The summed E-state index contributed by atoms with van der Waals surface area (Å²) in [7, 11) is 3.30. The van der Waals surface area contributed by atoms with Gasteiger partial charge in [-0.3, -0.25) is 4.57 Å². The van der Waals surface area contributed by atoms with Gasteiger partial charge in [-0.05, 0) is 36.4 Å². The number of benzene rings is 2. The summed E-state index contributed by atoms with van der Waals surface area (Å²) in [4.78, 5) is 0. The minimum absolute atomic E-state index is 0.132. The van der Waals surface area contributed by atoms with Gasteiger partial charge < -0.3 is 19.9 Å². The van der Waals surface area contributed by atoms with Gasteiger partial charge in [0.25, 0.3) is 0 Å². The van der Waals surface area contributed by atoms with Crippen molar-refractivity contribution in [3.63, 3.8) is 0 Å². The number of aromatic nitrogens is 3. The van der Waals surface area contributed by atoms with Crippen LogP contribution in [-0.2, 0) is 0 Å². The molecular formula is C20H24N4O3S. The van der Waals surface area contributed by atoms with Crippen molar-refractivity contribution in [3.05, 3.63) is 48.5 Å². The second-order valence-electron chi connectivity index (χ2n) is 5.89. The molecule has 7 nitrogen and oxygen atoms in total. The van der Waals surface area contributed by atoms with Crippen LogP contribution in [0, 0.1) is 0 Å². The first-order valence-electron chi connectivity index (χ1n) is 8.95. The van der Waals surface area contributed by atoms with E-state index in [0.717, 1.165) is 46.0 Å². The number of rotatable bonds is 10. The van der Waals surface area contributed by atoms with Crippen LogP contribution in [0.25, 0.3) is 17.1 Å². The molecular weight excluding hydrogens is 376 g/mol. The Kier molecular flexibility index (Phi) is 7.30. The van der Waals surface area contributed by atoms with Crippen LogP contribution in [-0.4, -0.2) is 59.5 Å². The van der Waals surface area contributed by atoms with Gasteiger partial charge in [-0.25, -0.2) is 0 Å². The minimum Gasteiger partial charge on any atom is -0.497 e. The van der Waals surface area contributed by atoms with Gasteiger partial charge in [-0.1, -0.05) is 23.9 Å². The van der Waals surface area contributed by atoms with E-state index in [1.165, 1.54) is 0 Å². The molecule has 1 aromatic heterocycles. The van der Waals surface area contributed by atoms with Crippen molar-refractivity contribution >= 4 is 11.8 Å². The summed E-state index contributed by atoms with van der Waals surface area (Å²) in [5.41, 5.74) is 1.88. The highest BCUT2D eigenvalue weighted by molar-refractivity contribution is 7.99. The third-order valence-electron chi connectivity index (χ3n) is 4.09. The SMILES string of the molecule is COc1ccc(-n2c(SCCNCCO)nnc2-c2cccc(OC)c2)cc1. The van der Waals surface area contributed by atoms with Gasteiger partial charge in [-0.15, -0.1) is 10.2 Å². The van der Waals surface area contributed by atoms with E-state index in [9.17, 15) is 0 Å². The van der Waals surface area contributed by atoms with Gasteiger partial charge in [0.05, 0.1) is 20.8 Å². The second kappa shape index (κ2) is 10.1. The van der Waals surface area contributed by atoms with Crippen molar-refractivity contribution in [1.82, 2.24) is 20.1 Å². The molecule has 0 fully saturated rings. The number of thioether (sulfide) groups is 1. The van der Waals surface area contributed by atoms with Gasteiger partial charge in [0.2, 0.25) is 0 Å². The smallest absolute Gasteiger partial charge is 0.196 e. The standard InChI is InChI=1S/C20H24N4O3S/c1-26-17-8-6-16(7-9-17)24-19(15-4-3-5-18(14-15)27-2)22-23-20(24)28-13-11-21-10-12-25/h3-9,14,21,25H,10-13H2,1-2H3. The normalized spacial score (nSPS) is 10.8. The molecule has 3 aromatic rings. The molecule has 0 aliphatic rings. The summed E-state index contributed by atoms with van der Waals surface area (Å²) in [6.45, 7) is 1.49. The number of nitrogens with one attached hydrogen (secondary N) is 1. The lowest BCUT2D eigenvalue weighted by Crippen LogP contribution is -2.20. The molecule has 0 radical (unpaired) electrons. The number of ether oxygens (including phenoxy) is 2. The molecule has 0 unspecified atom stereocenters. The minimum atomic E-state index is 0.132. The van der Waals surface area contributed by atoms with Crippen LogP contribution in [0.1, 0.15) is 0 Å². The fraction of sp³-hybridized carbons (Fsp3) is 0.300. The van der Waals surface area contributed by atoms with E-state index >= 15 is 0 Å². The molecule has 0 bridgehead atoms. The predicted octanol–water partition coefficient (Wildman–Crippen LogP) is 2.63. The topological polar surface area (TPSA) is 81.4 Å². The Morgan fingerprint density at radius 1 is 1.00 bits per heavy atom. The zero-order chi connectivity index (χ0) is 19.8. The Morgan fingerprint density at radius 2 is 1.79 bits per heavy atom. The molecule has 148 valence electrons. The molecule has 2 N–H and O–H groups in total. The van der Waals surface area contributed by atoms with Gasteiger partial charge in [-0.2, -0.15) is 0 Å². The largest absolute Gasteiger partial charge is 0.497 e. The number of hydrogen-bond acceptors (Lipinski definition) is 7. The van der Waals surface area contributed by atoms with Crippen LogP contribution in [0.4, 0.5) is 0 Å². The Labute approximate surface area is 168 Å². The highest BCUT2D eigenvalue weighted by Crippen LogP contribution is 2.30. The lowest BCUT2D eigenvalue weighted by atomic mass is 10.2. The number of hydrogen-bond donors (Lipinski definition) is 2. The van der Waals surface area contributed by atoms with Crippen LogP contribution >= 0.6 is 11.8 Å². The van der Waals surface area contributed by atoms with Crippen LogP contribution in [0.3, 0.4) is 0 Å². The van der Waals surface area contributed by atoms with Gasteiger partial charge >= 0.3 is 0 Å². The highest BCUT2D eigenvalue weighted by Gasteiger charge is 2.16. The number of aliphatic hydroxyl groups is 1. The average Bonchev–Trinajstić information content (AvgIpc) is 3.17. The van der Waals surface area contributed by atoms with E-state index in [1.54, 1.807) is 26.0 Å². The first-order chi connectivity index (χ1) is 13.8. The molecule has 0 atom stereocenters. The average molecular weight is 401 g/mol. The maximum absolute atomic E-state index is 8.87. The van der Waals surface area contributed by atoms with E-state index < -0.39 is 0 Å². The molecule has 0 saturated heterocycles. The highest BCUT2D eigenvalue weighted by atomic mass is 32.2. The molecule has 1 heterocycles.